The Labute approximate surface area is 175 Å². The minimum atomic E-state index is -0.552. The summed E-state index contributed by atoms with van der Waals surface area (Å²) in [4.78, 5) is 12.3. The zero-order chi connectivity index (χ0) is 21.5. The summed E-state index contributed by atoms with van der Waals surface area (Å²) >= 11 is 0. The third-order valence-electron chi connectivity index (χ3n) is 5.14. The van der Waals surface area contributed by atoms with Gasteiger partial charge in [-0.3, -0.25) is 4.98 Å². The summed E-state index contributed by atoms with van der Waals surface area (Å²) in [5.74, 6) is -0.621. The zero-order valence-electron chi connectivity index (χ0n) is 16.0. The number of benzene rings is 1. The van der Waals surface area contributed by atoms with E-state index in [1.807, 2.05) is 0 Å². The highest BCUT2D eigenvalue weighted by Gasteiger charge is 2.21. The lowest BCUT2D eigenvalue weighted by molar-refractivity contribution is 0.307. The van der Waals surface area contributed by atoms with E-state index in [2.05, 4.69) is 21.0 Å². The Hall–Kier alpha value is -4.32. The number of pyridine rings is 2. The van der Waals surface area contributed by atoms with Crippen LogP contribution in [-0.2, 0) is 13.2 Å². The number of imidazole rings is 1. The van der Waals surface area contributed by atoms with Crippen molar-refractivity contribution in [3.05, 3.63) is 77.6 Å². The highest BCUT2D eigenvalue weighted by Crippen LogP contribution is 2.35. The van der Waals surface area contributed by atoms with Crippen molar-refractivity contribution in [1.29, 1.82) is 5.26 Å². The molecule has 0 radical (unpaired) electrons. The molecule has 4 aromatic rings. The first kappa shape index (κ1) is 18.7. The predicted octanol–water partition coefficient (Wildman–Crippen LogP) is 3.68. The number of hydrogen-bond acceptors (Lipinski definition) is 6. The molecule has 1 aliphatic rings. The number of rotatable bonds is 0. The van der Waals surface area contributed by atoms with Crippen molar-refractivity contribution in [2.75, 3.05) is 5.73 Å². The van der Waals surface area contributed by atoms with Crippen LogP contribution in [0.15, 0.2) is 49.2 Å². The summed E-state index contributed by atoms with van der Waals surface area (Å²) in [5, 5.41) is 9.54. The molecule has 1 aromatic carbocycles. The van der Waals surface area contributed by atoms with E-state index in [0.29, 0.717) is 27.9 Å². The Morgan fingerprint density at radius 2 is 1.97 bits per heavy atom. The topological polar surface area (TPSA) is 103 Å². The van der Waals surface area contributed by atoms with Gasteiger partial charge in [0.1, 0.15) is 24.3 Å². The fourth-order valence-electron chi connectivity index (χ4n) is 3.75. The van der Waals surface area contributed by atoms with Crippen LogP contribution in [-0.4, -0.2) is 19.5 Å². The molecular formula is C22H14F2N6O. The van der Waals surface area contributed by atoms with Crippen LogP contribution in [0, 0.1) is 23.0 Å². The monoisotopic (exact) mass is 416 g/mol. The maximum atomic E-state index is 15.0. The van der Waals surface area contributed by atoms with Crippen LogP contribution < -0.4 is 10.5 Å². The Balaban J connectivity index is 1.82. The zero-order valence-corrected chi connectivity index (χ0v) is 16.0. The lowest BCUT2D eigenvalue weighted by Gasteiger charge is -2.19. The lowest BCUT2D eigenvalue weighted by Crippen LogP contribution is -2.09. The number of nitrogens with two attached hydrogens (primary N) is 1. The second kappa shape index (κ2) is 7.18. The normalized spacial score (nSPS) is 12.3. The second-order valence-corrected chi connectivity index (χ2v) is 7.03. The van der Waals surface area contributed by atoms with Gasteiger partial charge in [0.2, 0.25) is 0 Å². The molecule has 0 amide bonds. The highest BCUT2D eigenvalue weighted by atomic mass is 19.1. The number of fused-ring (bicyclic) bond motifs is 7. The molecule has 0 atom stereocenters. The molecule has 0 saturated heterocycles. The van der Waals surface area contributed by atoms with Gasteiger partial charge in [-0.2, -0.15) is 5.26 Å². The smallest absolute Gasteiger partial charge is 0.166 e. The van der Waals surface area contributed by atoms with Crippen molar-refractivity contribution in [1.82, 2.24) is 19.5 Å². The molecular weight excluding hydrogens is 402 g/mol. The van der Waals surface area contributed by atoms with Gasteiger partial charge in [0, 0.05) is 34.6 Å². The Morgan fingerprint density at radius 1 is 1.10 bits per heavy atom. The second-order valence-electron chi connectivity index (χ2n) is 7.03. The Bertz CT molecular complexity index is 1380. The lowest BCUT2D eigenvalue weighted by atomic mass is 9.96. The van der Waals surface area contributed by atoms with Crippen molar-refractivity contribution in [3.63, 3.8) is 0 Å². The van der Waals surface area contributed by atoms with E-state index >= 15 is 0 Å². The van der Waals surface area contributed by atoms with E-state index in [9.17, 15) is 14.0 Å². The number of nitriles is 1. The minimum Gasteiger partial charge on any atom is -0.485 e. The molecule has 3 aromatic heterocycles. The number of ether oxygens (including phenoxy) is 1. The summed E-state index contributed by atoms with van der Waals surface area (Å²) < 4.78 is 36.6. The van der Waals surface area contributed by atoms with Gasteiger partial charge in [-0.1, -0.05) is 6.07 Å². The molecule has 7 nitrogen and oxygen atoms in total. The molecule has 0 saturated carbocycles. The minimum absolute atomic E-state index is 0.0615. The molecule has 5 rings (SSSR count). The molecule has 9 heteroatoms. The number of hydrogen-bond donors (Lipinski definition) is 1. The van der Waals surface area contributed by atoms with E-state index in [-0.39, 0.29) is 36.0 Å². The summed E-state index contributed by atoms with van der Waals surface area (Å²) in [5.41, 5.74) is 8.94. The molecule has 2 bridgehead atoms. The van der Waals surface area contributed by atoms with Crippen LogP contribution in [0.4, 0.5) is 14.6 Å². The van der Waals surface area contributed by atoms with Gasteiger partial charge in [0.15, 0.2) is 17.3 Å². The average molecular weight is 416 g/mol. The highest BCUT2D eigenvalue weighted by molar-refractivity contribution is 5.73. The summed E-state index contributed by atoms with van der Waals surface area (Å²) in [7, 11) is 0. The molecule has 31 heavy (non-hydrogen) atoms. The molecule has 2 N–H and O–H groups in total. The van der Waals surface area contributed by atoms with Crippen molar-refractivity contribution in [2.45, 2.75) is 13.2 Å². The van der Waals surface area contributed by atoms with Crippen molar-refractivity contribution >= 4 is 5.82 Å². The fourth-order valence-corrected chi connectivity index (χ4v) is 3.75. The van der Waals surface area contributed by atoms with Crippen LogP contribution in [0.1, 0.15) is 16.8 Å². The summed E-state index contributed by atoms with van der Waals surface area (Å²) in [6.45, 7) is 0.121. The maximum absolute atomic E-state index is 15.0. The van der Waals surface area contributed by atoms with Gasteiger partial charge in [0.25, 0.3) is 0 Å². The molecule has 152 valence electrons. The molecule has 0 fully saturated rings. The first-order valence-electron chi connectivity index (χ1n) is 9.30. The Kier molecular flexibility index (Phi) is 4.33. The summed E-state index contributed by atoms with van der Waals surface area (Å²) in [6, 6.07) is 7.79. The van der Waals surface area contributed by atoms with Crippen LogP contribution >= 0.6 is 0 Å². The quantitative estimate of drug-likeness (QED) is 0.469. The van der Waals surface area contributed by atoms with Crippen molar-refractivity contribution in [3.8, 4) is 34.2 Å². The molecule has 0 spiro atoms. The van der Waals surface area contributed by atoms with E-state index in [1.54, 1.807) is 16.8 Å². The van der Waals surface area contributed by atoms with E-state index in [0.717, 1.165) is 6.20 Å². The van der Waals surface area contributed by atoms with Crippen LogP contribution in [0.25, 0.3) is 22.4 Å². The first-order valence-corrected chi connectivity index (χ1v) is 9.30. The van der Waals surface area contributed by atoms with Crippen molar-refractivity contribution < 1.29 is 13.5 Å². The standard InChI is InChI=1S/C22H14F2N6O/c23-15-1-2-16-13(3-15)10-31-19-4-12(7-28-22(19)26)21-18(5-25)29-11-30(21)9-14-6-27-8-17(24)20(14)16/h1-4,6-8,11H,9-10H2,(H2,26,28). The van der Waals surface area contributed by atoms with Gasteiger partial charge in [-0.25, -0.2) is 18.7 Å². The van der Waals surface area contributed by atoms with Gasteiger partial charge in [-0.15, -0.1) is 0 Å². The average Bonchev–Trinajstić information content (AvgIpc) is 3.16. The predicted molar refractivity (Wildman–Crippen MR) is 108 cm³/mol. The van der Waals surface area contributed by atoms with Gasteiger partial charge in [0.05, 0.1) is 24.8 Å². The van der Waals surface area contributed by atoms with Gasteiger partial charge in [-0.05, 0) is 23.8 Å². The third kappa shape index (κ3) is 3.14. The SMILES string of the molecule is N#Cc1ncn2c1-c1cnc(N)c(c1)OCc1cc(F)ccc1-c1c(F)cncc1C2. The van der Waals surface area contributed by atoms with Gasteiger partial charge >= 0.3 is 0 Å². The Morgan fingerprint density at radius 3 is 2.81 bits per heavy atom. The maximum Gasteiger partial charge on any atom is 0.166 e. The number of nitrogen functional groups attached to an aromatic ring is 1. The van der Waals surface area contributed by atoms with E-state index in [4.69, 9.17) is 10.5 Å². The molecule has 0 unspecified atom stereocenters. The number of nitrogens with zero attached hydrogens (tertiary/aromatic N) is 5. The van der Waals surface area contributed by atoms with E-state index in [1.165, 1.54) is 30.7 Å². The number of anilines is 1. The van der Waals surface area contributed by atoms with E-state index < -0.39 is 11.6 Å². The van der Waals surface area contributed by atoms with Crippen LogP contribution in [0.2, 0.25) is 0 Å². The largest absolute Gasteiger partial charge is 0.485 e. The van der Waals surface area contributed by atoms with Crippen LogP contribution in [0.3, 0.4) is 0 Å². The summed E-state index contributed by atoms with van der Waals surface area (Å²) in [6.07, 6.45) is 5.66. The number of aromatic nitrogens is 4. The third-order valence-corrected chi connectivity index (χ3v) is 5.14. The number of halogens is 2. The fraction of sp³-hybridized carbons (Fsp3) is 0.0909. The van der Waals surface area contributed by atoms with Gasteiger partial charge < -0.3 is 15.0 Å². The molecule has 1 aliphatic heterocycles. The first-order chi connectivity index (χ1) is 15.0. The molecule has 0 aliphatic carbocycles. The van der Waals surface area contributed by atoms with Crippen molar-refractivity contribution in [2.24, 2.45) is 0 Å². The molecule has 4 heterocycles. The van der Waals surface area contributed by atoms with Crippen LogP contribution in [0.5, 0.6) is 5.75 Å².